The van der Waals surface area contributed by atoms with Crippen molar-refractivity contribution in [3.8, 4) is 0 Å². The first-order valence-corrected chi connectivity index (χ1v) is 6.65. The van der Waals surface area contributed by atoms with Crippen molar-refractivity contribution in [2.24, 2.45) is 0 Å². The van der Waals surface area contributed by atoms with E-state index in [2.05, 4.69) is 27.2 Å². The maximum atomic E-state index is 9.14. The SMILES string of the molecule is CCCN(CCO)c1nc(NCC)nc(N(C)C)n1. The lowest BCUT2D eigenvalue weighted by Crippen LogP contribution is -2.30. The summed E-state index contributed by atoms with van der Waals surface area (Å²) in [5.41, 5.74) is 0. The molecular weight excluding hydrogens is 244 g/mol. The monoisotopic (exact) mass is 268 g/mol. The fourth-order valence-corrected chi connectivity index (χ4v) is 1.63. The molecule has 1 rings (SSSR count). The number of aliphatic hydroxyl groups excluding tert-OH is 1. The molecule has 1 aromatic heterocycles. The van der Waals surface area contributed by atoms with Gasteiger partial charge in [-0.2, -0.15) is 15.0 Å². The normalized spacial score (nSPS) is 10.4. The third kappa shape index (κ3) is 4.51. The fourth-order valence-electron chi connectivity index (χ4n) is 1.63. The number of aliphatic hydroxyl groups is 1. The molecule has 19 heavy (non-hydrogen) atoms. The highest BCUT2D eigenvalue weighted by molar-refractivity contribution is 5.44. The fraction of sp³-hybridized carbons (Fsp3) is 0.750. The number of hydrogen-bond donors (Lipinski definition) is 2. The van der Waals surface area contributed by atoms with Crippen LogP contribution >= 0.6 is 0 Å². The first-order valence-electron chi connectivity index (χ1n) is 6.65. The topological polar surface area (TPSA) is 77.4 Å². The summed E-state index contributed by atoms with van der Waals surface area (Å²) in [6.45, 7) is 6.25. The molecule has 0 radical (unpaired) electrons. The van der Waals surface area contributed by atoms with E-state index in [1.165, 1.54) is 0 Å². The Bertz CT molecular complexity index is 378. The molecule has 7 nitrogen and oxygen atoms in total. The van der Waals surface area contributed by atoms with Gasteiger partial charge in [-0.15, -0.1) is 0 Å². The molecule has 0 aliphatic rings. The van der Waals surface area contributed by atoms with Crippen molar-refractivity contribution >= 4 is 17.8 Å². The van der Waals surface area contributed by atoms with E-state index < -0.39 is 0 Å². The molecular formula is C12H24N6O. The van der Waals surface area contributed by atoms with E-state index in [9.17, 15) is 0 Å². The second-order valence-corrected chi connectivity index (χ2v) is 4.39. The molecule has 108 valence electrons. The minimum absolute atomic E-state index is 0.0829. The van der Waals surface area contributed by atoms with E-state index in [-0.39, 0.29) is 6.61 Å². The first-order chi connectivity index (χ1) is 9.12. The van der Waals surface area contributed by atoms with Crippen LogP contribution in [0.25, 0.3) is 0 Å². The Hall–Kier alpha value is -1.63. The molecule has 0 unspecified atom stereocenters. The predicted molar refractivity (Wildman–Crippen MR) is 77.9 cm³/mol. The largest absolute Gasteiger partial charge is 0.395 e. The third-order valence-electron chi connectivity index (χ3n) is 2.49. The van der Waals surface area contributed by atoms with E-state index in [0.717, 1.165) is 19.5 Å². The Kier molecular flexibility index (Phi) is 6.27. The zero-order valence-corrected chi connectivity index (χ0v) is 12.2. The van der Waals surface area contributed by atoms with Crippen LogP contribution in [0.2, 0.25) is 0 Å². The zero-order valence-electron chi connectivity index (χ0n) is 12.2. The van der Waals surface area contributed by atoms with Crippen LogP contribution in [0.1, 0.15) is 20.3 Å². The summed E-state index contributed by atoms with van der Waals surface area (Å²) in [6, 6.07) is 0. The van der Waals surface area contributed by atoms with E-state index in [1.54, 1.807) is 0 Å². The molecule has 0 aromatic carbocycles. The van der Waals surface area contributed by atoms with Crippen molar-refractivity contribution in [1.29, 1.82) is 0 Å². The standard InChI is InChI=1S/C12H24N6O/c1-5-7-18(8-9-19)12-15-10(13-6-2)14-11(16-12)17(3)4/h19H,5-9H2,1-4H3,(H,13,14,15,16). The Labute approximate surface area is 114 Å². The highest BCUT2D eigenvalue weighted by Gasteiger charge is 2.13. The van der Waals surface area contributed by atoms with Crippen LogP contribution in [0.5, 0.6) is 0 Å². The molecule has 0 bridgehead atoms. The van der Waals surface area contributed by atoms with E-state index in [1.807, 2.05) is 30.8 Å². The number of hydrogen-bond acceptors (Lipinski definition) is 7. The minimum atomic E-state index is 0.0829. The van der Waals surface area contributed by atoms with E-state index in [0.29, 0.717) is 24.4 Å². The molecule has 1 aromatic rings. The molecule has 0 aliphatic carbocycles. The van der Waals surface area contributed by atoms with Gasteiger partial charge in [-0.1, -0.05) is 6.92 Å². The van der Waals surface area contributed by atoms with Gasteiger partial charge in [0.2, 0.25) is 17.8 Å². The summed E-state index contributed by atoms with van der Waals surface area (Å²) in [5, 5.41) is 12.2. The highest BCUT2D eigenvalue weighted by atomic mass is 16.3. The van der Waals surface area contributed by atoms with Gasteiger partial charge in [-0.25, -0.2) is 0 Å². The van der Waals surface area contributed by atoms with Crippen molar-refractivity contribution in [3.05, 3.63) is 0 Å². The molecule has 0 amide bonds. The predicted octanol–water partition coefficient (Wildman–Crippen LogP) is 0.578. The molecule has 1 heterocycles. The van der Waals surface area contributed by atoms with Gasteiger partial charge in [-0.3, -0.25) is 0 Å². The Morgan fingerprint density at radius 2 is 1.74 bits per heavy atom. The van der Waals surface area contributed by atoms with Crippen molar-refractivity contribution in [2.45, 2.75) is 20.3 Å². The lowest BCUT2D eigenvalue weighted by atomic mass is 10.4. The summed E-state index contributed by atoms with van der Waals surface area (Å²) in [5.74, 6) is 1.78. The Morgan fingerprint density at radius 1 is 1.05 bits per heavy atom. The molecule has 2 N–H and O–H groups in total. The van der Waals surface area contributed by atoms with Gasteiger partial charge in [-0.05, 0) is 13.3 Å². The third-order valence-corrected chi connectivity index (χ3v) is 2.49. The maximum absolute atomic E-state index is 9.14. The van der Waals surface area contributed by atoms with Crippen LogP contribution in [0.3, 0.4) is 0 Å². The number of anilines is 3. The second kappa shape index (κ2) is 7.73. The van der Waals surface area contributed by atoms with Crippen LogP contribution in [-0.4, -0.2) is 60.4 Å². The zero-order chi connectivity index (χ0) is 14.3. The van der Waals surface area contributed by atoms with Crippen LogP contribution < -0.4 is 15.1 Å². The van der Waals surface area contributed by atoms with Gasteiger partial charge in [0.05, 0.1) is 6.61 Å². The van der Waals surface area contributed by atoms with E-state index in [4.69, 9.17) is 5.11 Å². The first kappa shape index (κ1) is 15.4. The lowest BCUT2D eigenvalue weighted by Gasteiger charge is -2.22. The maximum Gasteiger partial charge on any atom is 0.232 e. The van der Waals surface area contributed by atoms with Crippen molar-refractivity contribution in [3.63, 3.8) is 0 Å². The van der Waals surface area contributed by atoms with Gasteiger partial charge < -0.3 is 20.2 Å². The quantitative estimate of drug-likeness (QED) is 0.714. The molecule has 0 fully saturated rings. The molecule has 7 heteroatoms. The van der Waals surface area contributed by atoms with Gasteiger partial charge in [0.25, 0.3) is 0 Å². The van der Waals surface area contributed by atoms with Crippen LogP contribution in [-0.2, 0) is 0 Å². The van der Waals surface area contributed by atoms with Crippen LogP contribution in [0, 0.1) is 0 Å². The minimum Gasteiger partial charge on any atom is -0.395 e. The van der Waals surface area contributed by atoms with Crippen molar-refractivity contribution < 1.29 is 5.11 Å². The molecule has 0 atom stereocenters. The smallest absolute Gasteiger partial charge is 0.232 e. The van der Waals surface area contributed by atoms with E-state index >= 15 is 0 Å². The summed E-state index contributed by atoms with van der Waals surface area (Å²) in [4.78, 5) is 17.0. The number of aromatic nitrogens is 3. The number of nitrogens with one attached hydrogen (secondary N) is 1. The average molecular weight is 268 g/mol. The molecule has 0 spiro atoms. The highest BCUT2D eigenvalue weighted by Crippen LogP contribution is 2.15. The van der Waals surface area contributed by atoms with Gasteiger partial charge in [0.15, 0.2) is 0 Å². The Morgan fingerprint density at radius 3 is 2.26 bits per heavy atom. The average Bonchev–Trinajstić information content (AvgIpc) is 2.38. The van der Waals surface area contributed by atoms with Crippen LogP contribution in [0.15, 0.2) is 0 Å². The number of rotatable bonds is 8. The summed E-state index contributed by atoms with van der Waals surface area (Å²) < 4.78 is 0. The Balaban J connectivity index is 3.07. The molecule has 0 aliphatic heterocycles. The van der Waals surface area contributed by atoms with Crippen molar-refractivity contribution in [2.75, 3.05) is 55.5 Å². The lowest BCUT2D eigenvalue weighted by molar-refractivity contribution is 0.301. The van der Waals surface area contributed by atoms with Gasteiger partial charge in [0, 0.05) is 33.7 Å². The van der Waals surface area contributed by atoms with Crippen molar-refractivity contribution in [1.82, 2.24) is 15.0 Å². The van der Waals surface area contributed by atoms with Gasteiger partial charge >= 0.3 is 0 Å². The summed E-state index contributed by atoms with van der Waals surface area (Å²) in [7, 11) is 3.79. The summed E-state index contributed by atoms with van der Waals surface area (Å²) >= 11 is 0. The summed E-state index contributed by atoms with van der Waals surface area (Å²) in [6.07, 6.45) is 0.972. The molecule has 0 saturated heterocycles. The molecule has 0 saturated carbocycles. The second-order valence-electron chi connectivity index (χ2n) is 4.39. The number of nitrogens with zero attached hydrogens (tertiary/aromatic N) is 5. The van der Waals surface area contributed by atoms with Crippen LogP contribution in [0.4, 0.5) is 17.8 Å². The van der Waals surface area contributed by atoms with Gasteiger partial charge in [0.1, 0.15) is 0 Å².